The topological polar surface area (TPSA) is 66.4 Å². The van der Waals surface area contributed by atoms with Crippen molar-refractivity contribution in [1.29, 1.82) is 0 Å². The average molecular weight is 236 g/mol. The Labute approximate surface area is 95.4 Å². The van der Waals surface area contributed by atoms with E-state index in [-0.39, 0.29) is 18.3 Å². The molecule has 0 bridgehead atoms. The summed E-state index contributed by atoms with van der Waals surface area (Å²) in [6.45, 7) is 0.325. The Bertz CT molecular complexity index is 200. The van der Waals surface area contributed by atoms with Crippen LogP contribution in [0.15, 0.2) is 0 Å². The van der Waals surface area contributed by atoms with Crippen LogP contribution < -0.4 is 0 Å². The summed E-state index contributed by atoms with van der Waals surface area (Å²) in [7, 11) is 6.16. The second kappa shape index (κ2) is 6.48. The molecule has 6 heteroatoms. The molecule has 0 amide bonds. The summed E-state index contributed by atoms with van der Waals surface area (Å²) in [6, 6.07) is 0. The Hall–Kier alpha value is -0.240. The lowest BCUT2D eigenvalue weighted by molar-refractivity contribution is -0.300. The third-order valence-electron chi connectivity index (χ3n) is 2.76. The molecule has 0 radical (unpaired) electrons. The fraction of sp³-hybridized carbons (Fsp3) is 1.00. The predicted molar refractivity (Wildman–Crippen MR) is 55.1 cm³/mol. The molecular formula is C10H20O6. The Balaban J connectivity index is 2.78. The molecule has 2 unspecified atom stereocenters. The van der Waals surface area contributed by atoms with Gasteiger partial charge in [-0.1, -0.05) is 0 Å². The fourth-order valence-corrected chi connectivity index (χ4v) is 2.00. The highest BCUT2D eigenvalue weighted by Gasteiger charge is 2.46. The zero-order chi connectivity index (χ0) is 12.1. The monoisotopic (exact) mass is 236 g/mol. The van der Waals surface area contributed by atoms with Gasteiger partial charge in [-0.2, -0.15) is 0 Å². The second-order valence-corrected chi connectivity index (χ2v) is 3.62. The van der Waals surface area contributed by atoms with Crippen LogP contribution in [0.1, 0.15) is 0 Å². The van der Waals surface area contributed by atoms with E-state index in [1.165, 1.54) is 7.11 Å². The molecule has 1 heterocycles. The van der Waals surface area contributed by atoms with Gasteiger partial charge in [-0.15, -0.1) is 0 Å². The molecule has 0 aromatic heterocycles. The van der Waals surface area contributed by atoms with Crippen LogP contribution in [0, 0.1) is 0 Å². The predicted octanol–water partition coefficient (Wildman–Crippen LogP) is -0.605. The Morgan fingerprint density at radius 3 is 1.94 bits per heavy atom. The molecule has 6 nitrogen and oxygen atoms in total. The molecule has 5 atom stereocenters. The first-order valence-corrected chi connectivity index (χ1v) is 5.10. The Morgan fingerprint density at radius 2 is 1.50 bits per heavy atom. The Kier molecular flexibility index (Phi) is 5.60. The maximum absolute atomic E-state index is 9.74. The zero-order valence-corrected chi connectivity index (χ0v) is 10.1. The molecule has 0 saturated carbocycles. The molecular weight excluding hydrogens is 216 g/mol. The van der Waals surface area contributed by atoms with Gasteiger partial charge in [0, 0.05) is 28.4 Å². The number of rotatable bonds is 5. The summed E-state index contributed by atoms with van der Waals surface area (Å²) in [5, 5.41) is 9.74. The largest absolute Gasteiger partial charge is 0.382 e. The van der Waals surface area contributed by atoms with Gasteiger partial charge < -0.3 is 28.8 Å². The van der Waals surface area contributed by atoms with Crippen molar-refractivity contribution in [2.24, 2.45) is 0 Å². The van der Waals surface area contributed by atoms with Gasteiger partial charge in [0.05, 0.1) is 6.61 Å². The van der Waals surface area contributed by atoms with E-state index in [1.807, 2.05) is 0 Å². The lowest BCUT2D eigenvalue weighted by Gasteiger charge is -2.42. The van der Waals surface area contributed by atoms with Crippen LogP contribution in [0.2, 0.25) is 0 Å². The molecule has 96 valence electrons. The van der Waals surface area contributed by atoms with Crippen molar-refractivity contribution < 1.29 is 28.8 Å². The van der Waals surface area contributed by atoms with Crippen LogP contribution in [0.25, 0.3) is 0 Å². The normalized spacial score (nSPS) is 39.9. The van der Waals surface area contributed by atoms with Crippen LogP contribution >= 0.6 is 0 Å². The molecule has 0 aromatic carbocycles. The average Bonchev–Trinajstić information content (AvgIpc) is 2.28. The molecule has 0 aromatic rings. The summed E-state index contributed by atoms with van der Waals surface area (Å²) >= 11 is 0. The minimum Gasteiger partial charge on any atom is -0.382 e. The van der Waals surface area contributed by atoms with Crippen molar-refractivity contribution in [3.05, 3.63) is 0 Å². The first-order valence-electron chi connectivity index (χ1n) is 5.10. The number of aliphatic hydroxyl groups is 1. The van der Waals surface area contributed by atoms with Crippen LogP contribution in [-0.2, 0) is 23.7 Å². The van der Waals surface area contributed by atoms with E-state index >= 15 is 0 Å². The number of ether oxygens (including phenoxy) is 5. The molecule has 0 spiro atoms. The zero-order valence-electron chi connectivity index (χ0n) is 10.1. The maximum Gasteiger partial charge on any atom is 0.184 e. The van der Waals surface area contributed by atoms with Gasteiger partial charge in [-0.3, -0.25) is 0 Å². The fourth-order valence-electron chi connectivity index (χ4n) is 2.00. The summed E-state index contributed by atoms with van der Waals surface area (Å²) in [6.07, 6.45) is -2.71. The quantitative estimate of drug-likeness (QED) is 0.687. The standard InChI is InChI=1S/C10H20O6/c1-12-5-6-7(13-2)8(14-3)9(15-4)10(11)16-6/h6-11H,5H2,1-4H3/t6-,7+,8?,9?,10+/m0/s1. The molecule has 1 aliphatic heterocycles. The molecule has 1 saturated heterocycles. The van der Waals surface area contributed by atoms with E-state index in [2.05, 4.69) is 0 Å². The first-order chi connectivity index (χ1) is 7.69. The van der Waals surface area contributed by atoms with Gasteiger partial charge in [-0.25, -0.2) is 0 Å². The SMILES string of the molecule is COC[C@@H]1O[C@@H](O)C(OC)C(OC)[C@@H]1OC. The van der Waals surface area contributed by atoms with E-state index < -0.39 is 12.4 Å². The third kappa shape index (κ3) is 2.71. The van der Waals surface area contributed by atoms with Crippen molar-refractivity contribution in [2.45, 2.75) is 30.7 Å². The first kappa shape index (κ1) is 13.8. The summed E-state index contributed by atoms with van der Waals surface area (Å²) in [5.41, 5.74) is 0. The number of hydrogen-bond donors (Lipinski definition) is 1. The van der Waals surface area contributed by atoms with Crippen molar-refractivity contribution in [2.75, 3.05) is 35.0 Å². The van der Waals surface area contributed by atoms with Crippen LogP contribution in [-0.4, -0.2) is 70.9 Å². The van der Waals surface area contributed by atoms with Gasteiger partial charge in [0.1, 0.15) is 24.4 Å². The summed E-state index contributed by atoms with van der Waals surface area (Å²) in [5.74, 6) is 0. The number of hydrogen-bond acceptors (Lipinski definition) is 6. The molecule has 0 aliphatic carbocycles. The van der Waals surface area contributed by atoms with Gasteiger partial charge in [0.2, 0.25) is 0 Å². The van der Waals surface area contributed by atoms with E-state index in [0.717, 1.165) is 0 Å². The van der Waals surface area contributed by atoms with Crippen molar-refractivity contribution in [1.82, 2.24) is 0 Å². The lowest BCUT2D eigenvalue weighted by Crippen LogP contribution is -2.60. The lowest BCUT2D eigenvalue weighted by atomic mass is 9.98. The van der Waals surface area contributed by atoms with Crippen LogP contribution in [0.5, 0.6) is 0 Å². The highest BCUT2D eigenvalue weighted by Crippen LogP contribution is 2.25. The molecule has 1 N–H and O–H groups in total. The van der Waals surface area contributed by atoms with E-state index in [0.29, 0.717) is 6.61 Å². The minimum atomic E-state index is -1.04. The van der Waals surface area contributed by atoms with Crippen molar-refractivity contribution in [3.63, 3.8) is 0 Å². The van der Waals surface area contributed by atoms with Crippen molar-refractivity contribution >= 4 is 0 Å². The van der Waals surface area contributed by atoms with Crippen molar-refractivity contribution in [3.8, 4) is 0 Å². The van der Waals surface area contributed by atoms with E-state index in [1.54, 1.807) is 21.3 Å². The second-order valence-electron chi connectivity index (χ2n) is 3.62. The van der Waals surface area contributed by atoms with Gasteiger partial charge >= 0.3 is 0 Å². The molecule has 1 aliphatic rings. The number of methoxy groups -OCH3 is 4. The highest BCUT2D eigenvalue weighted by atomic mass is 16.7. The summed E-state index contributed by atoms with van der Waals surface area (Å²) in [4.78, 5) is 0. The maximum atomic E-state index is 9.74. The third-order valence-corrected chi connectivity index (χ3v) is 2.76. The Morgan fingerprint density at radius 1 is 0.938 bits per heavy atom. The van der Waals surface area contributed by atoms with E-state index in [9.17, 15) is 5.11 Å². The summed E-state index contributed by atoms with van der Waals surface area (Å²) < 4.78 is 26.1. The molecule has 16 heavy (non-hydrogen) atoms. The van der Waals surface area contributed by atoms with Gasteiger partial charge in [0.15, 0.2) is 6.29 Å². The van der Waals surface area contributed by atoms with Gasteiger partial charge in [0.25, 0.3) is 0 Å². The number of aliphatic hydroxyl groups excluding tert-OH is 1. The van der Waals surface area contributed by atoms with E-state index in [4.69, 9.17) is 23.7 Å². The molecule has 1 rings (SSSR count). The highest BCUT2D eigenvalue weighted by molar-refractivity contribution is 4.91. The van der Waals surface area contributed by atoms with Gasteiger partial charge in [-0.05, 0) is 0 Å². The minimum absolute atomic E-state index is 0.325. The smallest absolute Gasteiger partial charge is 0.184 e. The van der Waals surface area contributed by atoms with Crippen LogP contribution in [0.4, 0.5) is 0 Å². The van der Waals surface area contributed by atoms with Crippen LogP contribution in [0.3, 0.4) is 0 Å². The molecule has 1 fully saturated rings.